The molecule has 1 aromatic heterocycles. The standard InChI is InChI=1S/C21H24N4O3/c1-2-28-19(26)10-11-22-21(27)25-15-8-9-18(25)16-13-23-20(24-17(16)12-15)14-6-4-3-5-7-14/h3-7,13,15,18H,2,8-12H2,1H3,(H,22,27)/t15-,18+/m0/s1. The first-order chi connectivity index (χ1) is 13.7. The zero-order valence-electron chi connectivity index (χ0n) is 15.9. The zero-order chi connectivity index (χ0) is 19.5. The minimum atomic E-state index is -0.295. The van der Waals surface area contributed by atoms with Gasteiger partial charge >= 0.3 is 12.0 Å². The summed E-state index contributed by atoms with van der Waals surface area (Å²) in [5, 5.41) is 2.86. The molecule has 0 radical (unpaired) electrons. The minimum absolute atomic E-state index is 0.00108. The fourth-order valence-corrected chi connectivity index (χ4v) is 4.11. The van der Waals surface area contributed by atoms with Crippen molar-refractivity contribution < 1.29 is 14.3 Å². The summed E-state index contributed by atoms with van der Waals surface area (Å²) in [6.45, 7) is 2.40. The van der Waals surface area contributed by atoms with Gasteiger partial charge in [0.15, 0.2) is 5.82 Å². The molecule has 0 spiro atoms. The molecule has 146 valence electrons. The third kappa shape index (κ3) is 3.56. The fourth-order valence-electron chi connectivity index (χ4n) is 4.11. The molecule has 2 bridgehead atoms. The van der Waals surface area contributed by atoms with Gasteiger partial charge in [0, 0.05) is 36.3 Å². The molecule has 1 fully saturated rings. The van der Waals surface area contributed by atoms with E-state index in [-0.39, 0.29) is 37.0 Å². The molecule has 1 saturated heterocycles. The van der Waals surface area contributed by atoms with Gasteiger partial charge in [-0.05, 0) is 19.8 Å². The van der Waals surface area contributed by atoms with Gasteiger partial charge in [-0.2, -0.15) is 0 Å². The molecule has 2 aromatic rings. The van der Waals surface area contributed by atoms with Crippen LogP contribution in [0.15, 0.2) is 36.5 Å². The van der Waals surface area contributed by atoms with Gasteiger partial charge in [-0.1, -0.05) is 30.3 Å². The van der Waals surface area contributed by atoms with E-state index in [0.29, 0.717) is 6.61 Å². The van der Waals surface area contributed by atoms with Crippen LogP contribution in [0.2, 0.25) is 0 Å². The Labute approximate surface area is 164 Å². The summed E-state index contributed by atoms with van der Waals surface area (Å²) in [6.07, 6.45) is 4.65. The number of benzene rings is 1. The number of rotatable bonds is 5. The molecule has 0 unspecified atom stereocenters. The average molecular weight is 380 g/mol. The molecule has 3 heterocycles. The highest BCUT2D eigenvalue weighted by Crippen LogP contribution is 2.43. The van der Waals surface area contributed by atoms with Crippen molar-refractivity contribution in [1.29, 1.82) is 0 Å². The van der Waals surface area contributed by atoms with Gasteiger partial charge < -0.3 is 15.0 Å². The second-order valence-electron chi connectivity index (χ2n) is 7.11. The zero-order valence-corrected chi connectivity index (χ0v) is 15.9. The summed E-state index contributed by atoms with van der Waals surface area (Å²) in [7, 11) is 0. The Bertz CT molecular complexity index is 871. The van der Waals surface area contributed by atoms with E-state index < -0.39 is 0 Å². The molecule has 0 saturated carbocycles. The van der Waals surface area contributed by atoms with E-state index >= 15 is 0 Å². The van der Waals surface area contributed by atoms with E-state index in [4.69, 9.17) is 9.72 Å². The molecule has 1 N–H and O–H groups in total. The molecular formula is C21H24N4O3. The molecule has 2 atom stereocenters. The Morgan fingerprint density at radius 1 is 1.25 bits per heavy atom. The lowest BCUT2D eigenvalue weighted by atomic mass is 9.99. The summed E-state index contributed by atoms with van der Waals surface area (Å²) in [5.41, 5.74) is 3.07. The number of carbonyl (C=O) groups is 2. The van der Waals surface area contributed by atoms with Crippen LogP contribution < -0.4 is 5.32 Å². The van der Waals surface area contributed by atoms with Crippen LogP contribution in [0.5, 0.6) is 0 Å². The predicted molar refractivity (Wildman–Crippen MR) is 103 cm³/mol. The van der Waals surface area contributed by atoms with Crippen molar-refractivity contribution in [3.05, 3.63) is 47.8 Å². The van der Waals surface area contributed by atoms with Crippen LogP contribution in [0.4, 0.5) is 4.79 Å². The van der Waals surface area contributed by atoms with Crippen molar-refractivity contribution in [2.45, 2.75) is 44.7 Å². The van der Waals surface area contributed by atoms with Crippen molar-refractivity contribution >= 4 is 12.0 Å². The number of hydrogen-bond donors (Lipinski definition) is 1. The highest BCUT2D eigenvalue weighted by Gasteiger charge is 2.43. The number of esters is 1. The Hall–Kier alpha value is -2.96. The third-order valence-corrected chi connectivity index (χ3v) is 5.37. The van der Waals surface area contributed by atoms with E-state index in [2.05, 4.69) is 10.3 Å². The lowest BCUT2D eigenvalue weighted by Crippen LogP contribution is -2.47. The van der Waals surface area contributed by atoms with Gasteiger partial charge in [-0.25, -0.2) is 14.8 Å². The molecule has 4 rings (SSSR count). The number of fused-ring (bicyclic) bond motifs is 4. The maximum absolute atomic E-state index is 12.7. The fraction of sp³-hybridized carbons (Fsp3) is 0.429. The molecular weight excluding hydrogens is 356 g/mol. The monoisotopic (exact) mass is 380 g/mol. The van der Waals surface area contributed by atoms with Gasteiger partial charge in [0.05, 0.1) is 24.8 Å². The number of nitrogens with zero attached hydrogens (tertiary/aromatic N) is 3. The molecule has 2 aliphatic heterocycles. The highest BCUT2D eigenvalue weighted by molar-refractivity contribution is 5.77. The van der Waals surface area contributed by atoms with Crippen LogP contribution in [0, 0.1) is 0 Å². The van der Waals surface area contributed by atoms with Crippen molar-refractivity contribution in [3.8, 4) is 11.4 Å². The van der Waals surface area contributed by atoms with E-state index in [0.717, 1.165) is 41.9 Å². The van der Waals surface area contributed by atoms with E-state index in [1.54, 1.807) is 6.92 Å². The highest BCUT2D eigenvalue weighted by atomic mass is 16.5. The van der Waals surface area contributed by atoms with Crippen LogP contribution in [-0.2, 0) is 16.0 Å². The Kier molecular flexibility index (Phi) is 5.23. The summed E-state index contributed by atoms with van der Waals surface area (Å²) < 4.78 is 4.90. The van der Waals surface area contributed by atoms with E-state index in [9.17, 15) is 9.59 Å². The first-order valence-corrected chi connectivity index (χ1v) is 9.80. The SMILES string of the molecule is CCOC(=O)CCNC(=O)N1[C@H]2CC[C@@H]1c1cnc(-c3ccccc3)nc1C2. The first-order valence-electron chi connectivity index (χ1n) is 9.80. The summed E-state index contributed by atoms with van der Waals surface area (Å²) >= 11 is 0. The van der Waals surface area contributed by atoms with Gasteiger partial charge in [0.2, 0.25) is 0 Å². The number of nitrogens with one attached hydrogen (secondary N) is 1. The van der Waals surface area contributed by atoms with E-state index in [1.165, 1.54) is 0 Å². The molecule has 0 aliphatic carbocycles. The number of ether oxygens (including phenoxy) is 1. The summed E-state index contributed by atoms with van der Waals surface area (Å²) in [6, 6.07) is 9.94. The molecule has 2 amide bonds. The lowest BCUT2D eigenvalue weighted by Gasteiger charge is -2.35. The Morgan fingerprint density at radius 3 is 2.86 bits per heavy atom. The van der Waals surface area contributed by atoms with Crippen LogP contribution in [0.25, 0.3) is 11.4 Å². The van der Waals surface area contributed by atoms with Crippen molar-refractivity contribution in [2.75, 3.05) is 13.2 Å². The van der Waals surface area contributed by atoms with Gasteiger partial charge in [-0.3, -0.25) is 4.79 Å². The third-order valence-electron chi connectivity index (χ3n) is 5.37. The van der Waals surface area contributed by atoms with Crippen molar-refractivity contribution in [1.82, 2.24) is 20.2 Å². The smallest absolute Gasteiger partial charge is 0.318 e. The largest absolute Gasteiger partial charge is 0.466 e. The van der Waals surface area contributed by atoms with Crippen LogP contribution in [-0.4, -0.2) is 46.1 Å². The number of amides is 2. The maximum atomic E-state index is 12.7. The molecule has 7 nitrogen and oxygen atoms in total. The van der Waals surface area contributed by atoms with Crippen LogP contribution in [0.1, 0.15) is 43.5 Å². The minimum Gasteiger partial charge on any atom is -0.466 e. The Morgan fingerprint density at radius 2 is 2.07 bits per heavy atom. The normalized spacial score (nSPS) is 19.8. The van der Waals surface area contributed by atoms with Crippen molar-refractivity contribution in [2.24, 2.45) is 0 Å². The Balaban J connectivity index is 1.47. The second-order valence-corrected chi connectivity index (χ2v) is 7.11. The predicted octanol–water partition coefficient (Wildman–Crippen LogP) is 2.87. The number of hydrogen-bond acceptors (Lipinski definition) is 5. The quantitative estimate of drug-likeness (QED) is 0.807. The van der Waals surface area contributed by atoms with Crippen LogP contribution in [0.3, 0.4) is 0 Å². The maximum Gasteiger partial charge on any atom is 0.318 e. The lowest BCUT2D eigenvalue weighted by molar-refractivity contribution is -0.142. The topological polar surface area (TPSA) is 84.4 Å². The van der Waals surface area contributed by atoms with Crippen molar-refractivity contribution in [3.63, 3.8) is 0 Å². The van der Waals surface area contributed by atoms with Gasteiger partial charge in [-0.15, -0.1) is 0 Å². The van der Waals surface area contributed by atoms with Crippen LogP contribution >= 0.6 is 0 Å². The first kappa shape index (κ1) is 18.4. The molecule has 2 aliphatic rings. The molecule has 28 heavy (non-hydrogen) atoms. The second kappa shape index (κ2) is 7.96. The molecule has 1 aromatic carbocycles. The summed E-state index contributed by atoms with van der Waals surface area (Å²) in [5.74, 6) is 0.433. The van der Waals surface area contributed by atoms with Gasteiger partial charge in [0.1, 0.15) is 0 Å². The number of carbonyl (C=O) groups excluding carboxylic acids is 2. The number of urea groups is 1. The molecule has 7 heteroatoms. The number of aromatic nitrogens is 2. The average Bonchev–Trinajstić information content (AvgIpc) is 3.03. The van der Waals surface area contributed by atoms with E-state index in [1.807, 2.05) is 41.4 Å². The van der Waals surface area contributed by atoms with Gasteiger partial charge in [0.25, 0.3) is 0 Å². The summed E-state index contributed by atoms with van der Waals surface area (Å²) in [4.78, 5) is 35.4.